The van der Waals surface area contributed by atoms with Gasteiger partial charge in [0.2, 0.25) is 0 Å². The maximum absolute atomic E-state index is 8.98. The van der Waals surface area contributed by atoms with Gasteiger partial charge in [0.25, 0.3) is 0 Å². The van der Waals surface area contributed by atoms with Gasteiger partial charge in [0.1, 0.15) is 23.9 Å². The minimum absolute atomic E-state index is 0.105. The first kappa shape index (κ1) is 14.4. The molecule has 2 N–H and O–H groups in total. The monoisotopic (exact) mass is 271 g/mol. The molecular weight excluding hydrogens is 262 g/mol. The predicted octanol–water partition coefficient (Wildman–Crippen LogP) is 3.01. The van der Waals surface area contributed by atoms with E-state index >= 15 is 0 Å². The molecule has 0 aromatic heterocycles. The molecule has 0 heterocycles. The third-order valence-corrected chi connectivity index (χ3v) is 2.43. The number of benzene rings is 1. The van der Waals surface area contributed by atoms with E-state index in [4.69, 9.17) is 27.4 Å². The van der Waals surface area contributed by atoms with Crippen LogP contribution in [0.3, 0.4) is 0 Å². The van der Waals surface area contributed by atoms with Gasteiger partial charge in [-0.25, -0.2) is 0 Å². The number of rotatable bonds is 4. The summed E-state index contributed by atoms with van der Waals surface area (Å²) in [5.74, 6) is 0. The van der Waals surface area contributed by atoms with Crippen LogP contribution in [0.2, 0.25) is 5.02 Å². The fourth-order valence-electron chi connectivity index (χ4n) is 1.38. The summed E-state index contributed by atoms with van der Waals surface area (Å²) in [6, 6.07) is 10.2. The van der Waals surface area contributed by atoms with Crippen LogP contribution in [-0.2, 0) is 0 Å². The molecule has 0 aliphatic carbocycles. The average molecular weight is 272 g/mol. The maximum atomic E-state index is 8.98. The molecule has 0 bridgehead atoms. The average Bonchev–Trinajstić information content (AvgIpc) is 2.42. The molecule has 94 valence electrons. The van der Waals surface area contributed by atoms with E-state index < -0.39 is 0 Å². The fourth-order valence-corrected chi connectivity index (χ4v) is 1.55. The van der Waals surface area contributed by atoms with Gasteiger partial charge in [-0.15, -0.1) is 0 Å². The maximum Gasteiger partial charge on any atom is 0.163 e. The molecule has 0 aliphatic heterocycles. The molecule has 5 nitrogen and oxygen atoms in total. The second-order valence-electron chi connectivity index (χ2n) is 3.43. The van der Waals surface area contributed by atoms with Crippen molar-refractivity contribution in [1.82, 2.24) is 0 Å². The summed E-state index contributed by atoms with van der Waals surface area (Å²) in [5, 5.41) is 32.8. The van der Waals surface area contributed by atoms with Gasteiger partial charge >= 0.3 is 0 Å². The van der Waals surface area contributed by atoms with Gasteiger partial charge in [0, 0.05) is 11.6 Å². The van der Waals surface area contributed by atoms with E-state index in [1.807, 2.05) is 6.92 Å². The highest BCUT2D eigenvalue weighted by molar-refractivity contribution is 6.31. The Morgan fingerprint density at radius 1 is 1.16 bits per heavy atom. The molecule has 1 rings (SSSR count). The first-order valence-electron chi connectivity index (χ1n) is 5.41. The van der Waals surface area contributed by atoms with E-state index in [2.05, 4.69) is 10.6 Å². The van der Waals surface area contributed by atoms with Crippen molar-refractivity contribution in [3.05, 3.63) is 34.5 Å². The van der Waals surface area contributed by atoms with Crippen LogP contribution in [0.5, 0.6) is 0 Å². The Bertz CT molecular complexity index is 612. The molecular formula is C13H10ClN5. The number of hydrogen-bond donors (Lipinski definition) is 2. The zero-order valence-corrected chi connectivity index (χ0v) is 10.9. The number of halogens is 1. The molecule has 19 heavy (non-hydrogen) atoms. The van der Waals surface area contributed by atoms with E-state index in [-0.39, 0.29) is 11.3 Å². The highest BCUT2D eigenvalue weighted by Gasteiger charge is 2.09. The summed E-state index contributed by atoms with van der Waals surface area (Å²) in [6.45, 7) is 2.61. The van der Waals surface area contributed by atoms with Crippen LogP contribution >= 0.6 is 11.6 Å². The highest BCUT2D eigenvalue weighted by Crippen LogP contribution is 2.27. The Morgan fingerprint density at radius 2 is 1.84 bits per heavy atom. The minimum atomic E-state index is -0.273. The van der Waals surface area contributed by atoms with Crippen molar-refractivity contribution in [3.63, 3.8) is 0 Å². The standard InChI is InChI=1S/C13H10ClN5/c1-2-18-11-4-3-10(14)5-12(11)19-13(8-17)9(6-15)7-16/h3-5,18-19H,2H2,1H3. The van der Waals surface area contributed by atoms with E-state index in [0.717, 1.165) is 5.69 Å². The lowest BCUT2D eigenvalue weighted by atomic mass is 10.2. The number of nitrogens with one attached hydrogen (secondary N) is 2. The highest BCUT2D eigenvalue weighted by atomic mass is 35.5. The van der Waals surface area contributed by atoms with Crippen molar-refractivity contribution in [2.45, 2.75) is 6.92 Å². The largest absolute Gasteiger partial charge is 0.384 e. The molecule has 0 aliphatic rings. The molecule has 0 amide bonds. The Morgan fingerprint density at radius 3 is 2.37 bits per heavy atom. The third kappa shape index (κ3) is 3.64. The van der Waals surface area contributed by atoms with Gasteiger partial charge in [-0.1, -0.05) is 11.6 Å². The van der Waals surface area contributed by atoms with Gasteiger partial charge in [-0.05, 0) is 25.1 Å². The molecule has 0 atom stereocenters. The number of hydrogen-bond acceptors (Lipinski definition) is 5. The van der Waals surface area contributed by atoms with Gasteiger partial charge in [-0.3, -0.25) is 0 Å². The normalized spacial score (nSPS) is 8.58. The molecule has 0 fully saturated rings. The Labute approximate surface area is 116 Å². The molecule has 1 aromatic carbocycles. The number of nitriles is 3. The number of allylic oxidation sites excluding steroid dienone is 2. The molecule has 1 aromatic rings. The van der Waals surface area contributed by atoms with Crippen LogP contribution < -0.4 is 10.6 Å². The second kappa shape index (κ2) is 6.91. The van der Waals surface area contributed by atoms with Crippen molar-refractivity contribution in [3.8, 4) is 18.2 Å². The first-order chi connectivity index (χ1) is 9.15. The smallest absolute Gasteiger partial charge is 0.163 e. The van der Waals surface area contributed by atoms with Crippen molar-refractivity contribution in [2.24, 2.45) is 0 Å². The number of nitrogens with zero attached hydrogens (tertiary/aromatic N) is 3. The lowest BCUT2D eigenvalue weighted by Gasteiger charge is -2.12. The summed E-state index contributed by atoms with van der Waals surface area (Å²) < 4.78 is 0. The van der Waals surface area contributed by atoms with Crippen LogP contribution in [0, 0.1) is 34.0 Å². The SMILES string of the molecule is CCNc1ccc(Cl)cc1NC(C#N)=C(C#N)C#N. The van der Waals surface area contributed by atoms with Crippen molar-refractivity contribution in [1.29, 1.82) is 15.8 Å². The van der Waals surface area contributed by atoms with Crippen LogP contribution in [-0.4, -0.2) is 6.54 Å². The second-order valence-corrected chi connectivity index (χ2v) is 3.87. The Balaban J connectivity index is 3.22. The molecule has 0 saturated carbocycles. The molecule has 6 heteroatoms. The van der Waals surface area contributed by atoms with Crippen LogP contribution in [0.4, 0.5) is 11.4 Å². The van der Waals surface area contributed by atoms with Crippen molar-refractivity contribution in [2.75, 3.05) is 17.2 Å². The summed E-state index contributed by atoms with van der Waals surface area (Å²) >= 11 is 5.89. The third-order valence-electron chi connectivity index (χ3n) is 2.19. The van der Waals surface area contributed by atoms with E-state index in [1.165, 1.54) is 0 Å². The lowest BCUT2D eigenvalue weighted by molar-refractivity contribution is 1.21. The zero-order chi connectivity index (χ0) is 14.3. The topological polar surface area (TPSA) is 95.4 Å². The minimum Gasteiger partial charge on any atom is -0.384 e. The molecule has 0 saturated heterocycles. The van der Waals surface area contributed by atoms with E-state index in [0.29, 0.717) is 17.3 Å². The summed E-state index contributed by atoms with van der Waals surface area (Å²) in [7, 11) is 0. The van der Waals surface area contributed by atoms with Crippen molar-refractivity contribution >= 4 is 23.0 Å². The van der Waals surface area contributed by atoms with E-state index in [1.54, 1.807) is 36.4 Å². The van der Waals surface area contributed by atoms with Crippen LogP contribution in [0.1, 0.15) is 6.92 Å². The first-order valence-corrected chi connectivity index (χ1v) is 5.79. The molecule has 0 spiro atoms. The quantitative estimate of drug-likeness (QED) is 0.821. The Kier molecular flexibility index (Phi) is 5.23. The lowest BCUT2D eigenvalue weighted by Crippen LogP contribution is -2.05. The summed E-state index contributed by atoms with van der Waals surface area (Å²) in [4.78, 5) is 0. The van der Waals surface area contributed by atoms with Crippen LogP contribution in [0.15, 0.2) is 29.5 Å². The fraction of sp³-hybridized carbons (Fsp3) is 0.154. The van der Waals surface area contributed by atoms with Gasteiger partial charge in [-0.2, -0.15) is 15.8 Å². The van der Waals surface area contributed by atoms with Crippen molar-refractivity contribution < 1.29 is 0 Å². The van der Waals surface area contributed by atoms with Crippen LogP contribution in [0.25, 0.3) is 0 Å². The van der Waals surface area contributed by atoms with E-state index in [9.17, 15) is 0 Å². The zero-order valence-electron chi connectivity index (χ0n) is 10.2. The van der Waals surface area contributed by atoms with Gasteiger partial charge < -0.3 is 10.6 Å². The summed E-state index contributed by atoms with van der Waals surface area (Å²) in [6.07, 6.45) is 0. The summed E-state index contributed by atoms with van der Waals surface area (Å²) in [5.41, 5.74) is 0.889. The molecule has 0 unspecified atom stereocenters. The van der Waals surface area contributed by atoms with Gasteiger partial charge in [0.05, 0.1) is 11.4 Å². The molecule has 0 radical (unpaired) electrons. The predicted molar refractivity (Wildman–Crippen MR) is 73.1 cm³/mol. The Hall–Kier alpha value is -2.68. The van der Waals surface area contributed by atoms with Gasteiger partial charge in [0.15, 0.2) is 5.57 Å². The number of anilines is 2.